The number of para-hydroxylation sites is 1. The van der Waals surface area contributed by atoms with Gasteiger partial charge in [0.1, 0.15) is 5.82 Å². The summed E-state index contributed by atoms with van der Waals surface area (Å²) in [6.07, 6.45) is 2.01. The number of urea groups is 1. The Morgan fingerprint density at radius 3 is 2.45 bits per heavy atom. The van der Waals surface area contributed by atoms with Crippen LogP contribution < -0.4 is 5.32 Å². The van der Waals surface area contributed by atoms with Crippen LogP contribution in [-0.4, -0.2) is 15.5 Å². The molecule has 2 heterocycles. The molecule has 0 fully saturated rings. The SMILES string of the molecule is Cc1ccc(NC(=O)N2Cc3ccccc3-n3cccc3[C@@H]2c2ccc(F)cc2)cc1. The van der Waals surface area contributed by atoms with Crippen LogP contribution in [0.2, 0.25) is 0 Å². The van der Waals surface area contributed by atoms with E-state index in [0.717, 1.165) is 33.8 Å². The molecular formula is C26H22FN3O. The summed E-state index contributed by atoms with van der Waals surface area (Å²) >= 11 is 0. The van der Waals surface area contributed by atoms with Gasteiger partial charge in [-0.25, -0.2) is 9.18 Å². The molecule has 0 spiro atoms. The topological polar surface area (TPSA) is 37.3 Å². The summed E-state index contributed by atoms with van der Waals surface area (Å²) in [7, 11) is 0. The first-order valence-corrected chi connectivity index (χ1v) is 10.3. The Labute approximate surface area is 180 Å². The average Bonchev–Trinajstić information content (AvgIpc) is 3.20. The predicted octanol–water partition coefficient (Wildman–Crippen LogP) is 6.06. The van der Waals surface area contributed by atoms with Crippen molar-refractivity contribution in [2.75, 3.05) is 5.32 Å². The zero-order chi connectivity index (χ0) is 21.4. The van der Waals surface area contributed by atoms with Crippen molar-refractivity contribution in [2.45, 2.75) is 19.5 Å². The molecule has 0 radical (unpaired) electrons. The summed E-state index contributed by atoms with van der Waals surface area (Å²) in [4.78, 5) is 15.3. The third-order valence-corrected chi connectivity index (χ3v) is 5.71. The molecule has 1 aromatic heterocycles. The largest absolute Gasteiger partial charge is 0.322 e. The van der Waals surface area contributed by atoms with Crippen LogP contribution in [0.1, 0.15) is 28.4 Å². The summed E-state index contributed by atoms with van der Waals surface area (Å²) < 4.78 is 15.8. The number of nitrogens with one attached hydrogen (secondary N) is 1. The number of amides is 2. The maximum atomic E-state index is 13.7. The third-order valence-electron chi connectivity index (χ3n) is 5.71. The summed E-state index contributed by atoms with van der Waals surface area (Å²) in [6, 6.07) is 25.6. The quantitative estimate of drug-likeness (QED) is 0.428. The molecule has 1 aliphatic heterocycles. The molecule has 0 saturated heterocycles. The fraction of sp³-hybridized carbons (Fsp3) is 0.115. The second kappa shape index (κ2) is 7.76. The van der Waals surface area contributed by atoms with Crippen LogP contribution >= 0.6 is 0 Å². The number of nitrogens with zero attached hydrogens (tertiary/aromatic N) is 2. The number of anilines is 1. The number of halogens is 1. The van der Waals surface area contributed by atoms with Crippen LogP contribution in [0.15, 0.2) is 91.1 Å². The Kier molecular flexibility index (Phi) is 4.79. The fourth-order valence-corrected chi connectivity index (χ4v) is 4.17. The van der Waals surface area contributed by atoms with Crippen molar-refractivity contribution in [1.82, 2.24) is 9.47 Å². The van der Waals surface area contributed by atoms with Crippen LogP contribution in [-0.2, 0) is 6.54 Å². The highest BCUT2D eigenvalue weighted by Crippen LogP contribution is 2.37. The summed E-state index contributed by atoms with van der Waals surface area (Å²) in [5.74, 6) is -0.299. The van der Waals surface area contributed by atoms with Gasteiger partial charge in [-0.05, 0) is 60.5 Å². The minimum Gasteiger partial charge on any atom is -0.318 e. The van der Waals surface area contributed by atoms with Crippen molar-refractivity contribution in [2.24, 2.45) is 0 Å². The molecule has 0 aliphatic carbocycles. The lowest BCUT2D eigenvalue weighted by molar-refractivity contribution is 0.194. The van der Waals surface area contributed by atoms with Gasteiger partial charge in [-0.1, -0.05) is 48.0 Å². The van der Waals surface area contributed by atoms with Crippen molar-refractivity contribution in [3.63, 3.8) is 0 Å². The van der Waals surface area contributed by atoms with Gasteiger partial charge in [0.25, 0.3) is 0 Å². The second-order valence-corrected chi connectivity index (χ2v) is 7.81. The standard InChI is InChI=1S/C26H22FN3O/c1-18-8-14-22(15-9-18)28-26(31)30-17-20-5-2-3-6-23(20)29-16-4-7-24(29)25(30)19-10-12-21(27)13-11-19/h2-16,25H,17H2,1H3,(H,28,31)/t25-/m0/s1. The van der Waals surface area contributed by atoms with E-state index in [1.165, 1.54) is 12.1 Å². The first-order chi connectivity index (χ1) is 15.1. The highest BCUT2D eigenvalue weighted by molar-refractivity contribution is 5.90. The fourth-order valence-electron chi connectivity index (χ4n) is 4.17. The molecule has 31 heavy (non-hydrogen) atoms. The summed E-state index contributed by atoms with van der Waals surface area (Å²) in [5.41, 5.74) is 5.76. The Bertz CT molecular complexity index is 1230. The summed E-state index contributed by atoms with van der Waals surface area (Å²) in [6.45, 7) is 2.44. The Morgan fingerprint density at radius 2 is 1.68 bits per heavy atom. The molecule has 4 nitrogen and oxygen atoms in total. The monoisotopic (exact) mass is 411 g/mol. The average molecular weight is 411 g/mol. The predicted molar refractivity (Wildman–Crippen MR) is 120 cm³/mol. The molecule has 4 aromatic rings. The van der Waals surface area contributed by atoms with Crippen LogP contribution in [0.5, 0.6) is 0 Å². The van der Waals surface area contributed by atoms with Gasteiger partial charge < -0.3 is 14.8 Å². The van der Waals surface area contributed by atoms with Crippen molar-refractivity contribution in [3.05, 3.63) is 119 Å². The van der Waals surface area contributed by atoms with Crippen LogP contribution in [0, 0.1) is 12.7 Å². The maximum absolute atomic E-state index is 13.7. The molecule has 3 aromatic carbocycles. The van der Waals surface area contributed by atoms with E-state index in [-0.39, 0.29) is 17.9 Å². The first-order valence-electron chi connectivity index (χ1n) is 10.3. The number of aryl methyl sites for hydroxylation is 1. The van der Waals surface area contributed by atoms with Gasteiger partial charge in [-0.2, -0.15) is 0 Å². The van der Waals surface area contributed by atoms with Crippen molar-refractivity contribution in [3.8, 4) is 5.69 Å². The zero-order valence-electron chi connectivity index (χ0n) is 17.1. The number of fused-ring (bicyclic) bond motifs is 3. The minimum atomic E-state index is -0.367. The van der Waals surface area contributed by atoms with E-state index in [9.17, 15) is 9.18 Å². The lowest BCUT2D eigenvalue weighted by Gasteiger charge is -2.31. The van der Waals surface area contributed by atoms with Crippen molar-refractivity contribution >= 4 is 11.7 Å². The smallest absolute Gasteiger partial charge is 0.318 e. The highest BCUT2D eigenvalue weighted by Gasteiger charge is 2.33. The van der Waals surface area contributed by atoms with Crippen LogP contribution in [0.3, 0.4) is 0 Å². The molecule has 5 heteroatoms. The second-order valence-electron chi connectivity index (χ2n) is 7.81. The number of hydrogen-bond donors (Lipinski definition) is 1. The van der Waals surface area contributed by atoms with E-state index < -0.39 is 0 Å². The van der Waals surface area contributed by atoms with Gasteiger partial charge in [0.15, 0.2) is 0 Å². The number of rotatable bonds is 2. The molecule has 1 atom stereocenters. The van der Waals surface area contributed by atoms with E-state index in [4.69, 9.17) is 0 Å². The number of carbonyl (C=O) groups is 1. The molecule has 0 unspecified atom stereocenters. The van der Waals surface area contributed by atoms with Crippen LogP contribution in [0.25, 0.3) is 5.69 Å². The first kappa shape index (κ1) is 19.1. The Morgan fingerprint density at radius 1 is 0.935 bits per heavy atom. The Hall–Kier alpha value is -3.86. The molecular weight excluding hydrogens is 389 g/mol. The zero-order valence-corrected chi connectivity index (χ0v) is 17.1. The molecule has 154 valence electrons. The van der Waals surface area contributed by atoms with Gasteiger partial charge in [-0.3, -0.25) is 0 Å². The molecule has 1 N–H and O–H groups in total. The number of benzene rings is 3. The molecule has 0 saturated carbocycles. The lowest BCUT2D eigenvalue weighted by atomic mass is 10.0. The number of hydrogen-bond acceptors (Lipinski definition) is 1. The number of carbonyl (C=O) groups excluding carboxylic acids is 1. The van der Waals surface area contributed by atoms with Gasteiger partial charge in [-0.15, -0.1) is 0 Å². The van der Waals surface area contributed by atoms with E-state index >= 15 is 0 Å². The molecule has 5 rings (SSSR count). The normalized spacial score (nSPS) is 15.0. The van der Waals surface area contributed by atoms with E-state index in [1.54, 1.807) is 12.1 Å². The van der Waals surface area contributed by atoms with Gasteiger partial charge >= 0.3 is 6.03 Å². The van der Waals surface area contributed by atoms with Gasteiger partial charge in [0, 0.05) is 17.6 Å². The van der Waals surface area contributed by atoms with E-state index in [0.29, 0.717) is 6.54 Å². The highest BCUT2D eigenvalue weighted by atomic mass is 19.1. The van der Waals surface area contributed by atoms with Crippen molar-refractivity contribution in [1.29, 1.82) is 0 Å². The number of aromatic nitrogens is 1. The van der Waals surface area contributed by atoms with E-state index in [2.05, 4.69) is 16.0 Å². The van der Waals surface area contributed by atoms with Crippen LogP contribution in [0.4, 0.5) is 14.9 Å². The van der Waals surface area contributed by atoms with E-state index in [1.807, 2.05) is 72.6 Å². The third kappa shape index (κ3) is 3.59. The molecule has 2 amide bonds. The summed E-state index contributed by atoms with van der Waals surface area (Å²) in [5, 5.41) is 3.04. The maximum Gasteiger partial charge on any atom is 0.322 e. The lowest BCUT2D eigenvalue weighted by Crippen LogP contribution is -2.37. The van der Waals surface area contributed by atoms with Gasteiger partial charge in [0.2, 0.25) is 0 Å². The van der Waals surface area contributed by atoms with Crippen molar-refractivity contribution < 1.29 is 9.18 Å². The Balaban J connectivity index is 1.62. The molecule has 1 aliphatic rings. The van der Waals surface area contributed by atoms with Gasteiger partial charge in [0.05, 0.1) is 18.3 Å². The minimum absolute atomic E-state index is 0.206. The molecule has 0 bridgehead atoms.